The number of ether oxygens (including phenoxy) is 1. The molecular weight excluding hydrogens is 349 g/mol. The van der Waals surface area contributed by atoms with Gasteiger partial charge in [0.05, 0.1) is 0 Å². The molecule has 19 heavy (non-hydrogen) atoms. The second-order valence-electron chi connectivity index (χ2n) is 4.11. The third kappa shape index (κ3) is 3.26. The monoisotopic (exact) mass is 358 g/mol. The van der Waals surface area contributed by atoms with Crippen molar-refractivity contribution in [3.8, 4) is 0 Å². The number of esters is 1. The van der Waals surface area contributed by atoms with E-state index in [4.69, 9.17) is 4.74 Å². The predicted molar refractivity (Wildman–Crippen MR) is 65.7 cm³/mol. The lowest BCUT2D eigenvalue weighted by Crippen LogP contribution is -2.45. The number of rotatable bonds is 2. The quantitative estimate of drug-likeness (QED) is 0.825. The molecule has 0 aromatic carbocycles. The Morgan fingerprint density at radius 1 is 1.47 bits per heavy atom. The summed E-state index contributed by atoms with van der Waals surface area (Å²) in [6.07, 6.45) is -4.45. The molecule has 1 aliphatic heterocycles. The zero-order valence-electron chi connectivity index (χ0n) is 9.59. The predicted octanol–water partition coefficient (Wildman–Crippen LogP) is 2.59. The number of carbonyl (C=O) groups excluding carboxylic acids is 1. The molecular formula is C10H10BrF3N2O2S. The van der Waals surface area contributed by atoms with Gasteiger partial charge in [0.15, 0.2) is 5.60 Å². The minimum atomic E-state index is -4.99. The van der Waals surface area contributed by atoms with Crippen LogP contribution in [0.3, 0.4) is 0 Å². The highest BCUT2D eigenvalue weighted by molar-refractivity contribution is 9.10. The molecule has 1 aromatic heterocycles. The van der Waals surface area contributed by atoms with Gasteiger partial charge in [-0.15, -0.1) is 11.3 Å². The first-order chi connectivity index (χ1) is 8.83. The smallest absolute Gasteiger partial charge is 0.445 e. The van der Waals surface area contributed by atoms with E-state index in [1.165, 1.54) is 11.3 Å². The summed E-state index contributed by atoms with van der Waals surface area (Å²) in [7, 11) is 0. The molecule has 1 aliphatic rings. The van der Waals surface area contributed by atoms with Crippen LogP contribution in [-0.2, 0) is 15.1 Å². The molecule has 1 aromatic rings. The molecule has 0 unspecified atom stereocenters. The van der Waals surface area contributed by atoms with Crippen molar-refractivity contribution in [2.24, 2.45) is 0 Å². The van der Waals surface area contributed by atoms with E-state index in [1.54, 1.807) is 5.38 Å². The molecule has 1 fully saturated rings. The normalized spacial score (nSPS) is 19.2. The van der Waals surface area contributed by atoms with Crippen molar-refractivity contribution in [1.82, 2.24) is 10.3 Å². The van der Waals surface area contributed by atoms with Gasteiger partial charge >= 0.3 is 12.1 Å². The number of piperidine rings is 1. The van der Waals surface area contributed by atoms with E-state index in [1.807, 2.05) is 0 Å². The number of aromatic nitrogens is 1. The van der Waals surface area contributed by atoms with Crippen LogP contribution in [-0.4, -0.2) is 30.2 Å². The third-order valence-electron chi connectivity index (χ3n) is 2.80. The van der Waals surface area contributed by atoms with Crippen LogP contribution in [0.5, 0.6) is 0 Å². The fourth-order valence-corrected chi connectivity index (χ4v) is 3.34. The zero-order valence-corrected chi connectivity index (χ0v) is 12.0. The first kappa shape index (κ1) is 14.7. The van der Waals surface area contributed by atoms with E-state index in [2.05, 4.69) is 26.2 Å². The number of thiazole rings is 1. The van der Waals surface area contributed by atoms with Crippen LogP contribution in [0.2, 0.25) is 0 Å². The van der Waals surface area contributed by atoms with Crippen molar-refractivity contribution in [2.75, 3.05) is 13.1 Å². The Bertz CT molecular complexity index is 472. The van der Waals surface area contributed by atoms with Gasteiger partial charge in [0.1, 0.15) is 9.61 Å². The summed E-state index contributed by atoms with van der Waals surface area (Å²) in [5.74, 6) is -2.17. The SMILES string of the molecule is O=C(OC1(c2nc(Br)cs2)CCNCC1)C(F)(F)F. The molecule has 2 rings (SSSR count). The van der Waals surface area contributed by atoms with Gasteiger partial charge in [0.25, 0.3) is 0 Å². The number of nitrogens with zero attached hydrogens (tertiary/aromatic N) is 1. The first-order valence-electron chi connectivity index (χ1n) is 5.46. The molecule has 106 valence electrons. The van der Waals surface area contributed by atoms with E-state index in [0.29, 0.717) is 22.7 Å². The topological polar surface area (TPSA) is 51.2 Å². The van der Waals surface area contributed by atoms with Crippen molar-refractivity contribution in [3.63, 3.8) is 0 Å². The van der Waals surface area contributed by atoms with Gasteiger partial charge in [-0.1, -0.05) is 0 Å². The van der Waals surface area contributed by atoms with Gasteiger partial charge in [0.2, 0.25) is 0 Å². The number of hydrogen-bond acceptors (Lipinski definition) is 5. The molecule has 0 aliphatic carbocycles. The molecule has 2 heterocycles. The maximum atomic E-state index is 12.4. The van der Waals surface area contributed by atoms with Gasteiger partial charge in [0, 0.05) is 18.2 Å². The van der Waals surface area contributed by atoms with Gasteiger partial charge in [-0.25, -0.2) is 9.78 Å². The average Bonchev–Trinajstić information content (AvgIpc) is 2.76. The molecule has 0 spiro atoms. The minimum absolute atomic E-state index is 0.273. The van der Waals surface area contributed by atoms with Gasteiger partial charge in [-0.2, -0.15) is 13.2 Å². The van der Waals surface area contributed by atoms with E-state index in [0.717, 1.165) is 0 Å². The maximum Gasteiger partial charge on any atom is 0.490 e. The molecule has 9 heteroatoms. The largest absolute Gasteiger partial charge is 0.490 e. The third-order valence-corrected chi connectivity index (χ3v) is 4.53. The molecule has 0 atom stereocenters. The number of carbonyl (C=O) groups is 1. The van der Waals surface area contributed by atoms with Crippen molar-refractivity contribution in [2.45, 2.75) is 24.6 Å². The van der Waals surface area contributed by atoms with E-state index >= 15 is 0 Å². The Labute approximate surface area is 119 Å². The fraction of sp³-hybridized carbons (Fsp3) is 0.600. The summed E-state index contributed by atoms with van der Waals surface area (Å²) in [6, 6.07) is 0. The van der Waals surface area contributed by atoms with E-state index in [9.17, 15) is 18.0 Å². The van der Waals surface area contributed by atoms with Gasteiger partial charge < -0.3 is 10.1 Å². The highest BCUT2D eigenvalue weighted by Crippen LogP contribution is 2.39. The summed E-state index contributed by atoms with van der Waals surface area (Å²) < 4.78 is 42.4. The van der Waals surface area contributed by atoms with Crippen molar-refractivity contribution in [3.05, 3.63) is 15.0 Å². The lowest BCUT2D eigenvalue weighted by Gasteiger charge is -2.35. The van der Waals surface area contributed by atoms with Crippen molar-refractivity contribution >= 4 is 33.2 Å². The Kier molecular flexibility index (Phi) is 4.17. The van der Waals surface area contributed by atoms with Gasteiger partial charge in [-0.3, -0.25) is 0 Å². The summed E-state index contributed by atoms with van der Waals surface area (Å²) in [5, 5.41) is 5.06. The second-order valence-corrected chi connectivity index (χ2v) is 5.78. The number of nitrogens with one attached hydrogen (secondary N) is 1. The second kappa shape index (κ2) is 5.37. The standard InChI is InChI=1S/C10H10BrF3N2O2S/c11-6-5-19-7(16-6)9(1-3-15-4-2-9)18-8(17)10(12,13)14/h5,15H,1-4H2. The van der Waals surface area contributed by atoms with Crippen molar-refractivity contribution < 1.29 is 22.7 Å². The maximum absolute atomic E-state index is 12.4. The number of alkyl halides is 3. The summed E-state index contributed by atoms with van der Waals surface area (Å²) in [4.78, 5) is 15.2. The highest BCUT2D eigenvalue weighted by atomic mass is 79.9. The summed E-state index contributed by atoms with van der Waals surface area (Å²) >= 11 is 4.33. The number of halogens is 4. The summed E-state index contributed by atoms with van der Waals surface area (Å²) in [6.45, 7) is 0.949. The lowest BCUT2D eigenvalue weighted by atomic mass is 9.93. The van der Waals surface area contributed by atoms with Crippen LogP contribution in [0.25, 0.3) is 0 Å². The number of hydrogen-bond donors (Lipinski definition) is 1. The zero-order chi connectivity index (χ0) is 14.1. The van der Waals surface area contributed by atoms with Crippen LogP contribution in [0.1, 0.15) is 17.8 Å². The molecule has 0 amide bonds. The van der Waals surface area contributed by atoms with Crippen LogP contribution < -0.4 is 5.32 Å². The lowest BCUT2D eigenvalue weighted by molar-refractivity contribution is -0.217. The fourth-order valence-electron chi connectivity index (χ4n) is 1.89. The first-order valence-corrected chi connectivity index (χ1v) is 7.13. The highest BCUT2D eigenvalue weighted by Gasteiger charge is 2.48. The Hall–Kier alpha value is -0.670. The van der Waals surface area contributed by atoms with Crippen molar-refractivity contribution in [1.29, 1.82) is 0 Å². The molecule has 0 saturated carbocycles. The molecule has 0 bridgehead atoms. The Morgan fingerprint density at radius 2 is 2.11 bits per heavy atom. The van der Waals surface area contributed by atoms with E-state index in [-0.39, 0.29) is 12.8 Å². The van der Waals surface area contributed by atoms with Crippen LogP contribution in [0, 0.1) is 0 Å². The Morgan fingerprint density at radius 3 is 2.58 bits per heavy atom. The van der Waals surface area contributed by atoms with Gasteiger partial charge in [-0.05, 0) is 29.0 Å². The van der Waals surface area contributed by atoms with E-state index < -0.39 is 17.7 Å². The Balaban J connectivity index is 2.28. The summed E-state index contributed by atoms with van der Waals surface area (Å²) in [5.41, 5.74) is -1.28. The molecule has 0 radical (unpaired) electrons. The molecule has 4 nitrogen and oxygen atoms in total. The van der Waals surface area contributed by atoms with Crippen LogP contribution >= 0.6 is 27.3 Å². The molecule has 1 N–H and O–H groups in total. The molecule has 1 saturated heterocycles. The average molecular weight is 359 g/mol. The van der Waals surface area contributed by atoms with Crippen LogP contribution in [0.15, 0.2) is 9.98 Å². The minimum Gasteiger partial charge on any atom is -0.445 e. The van der Waals surface area contributed by atoms with Crippen LogP contribution in [0.4, 0.5) is 13.2 Å².